The van der Waals surface area contributed by atoms with Crippen molar-refractivity contribution in [3.8, 4) is 0 Å². The summed E-state index contributed by atoms with van der Waals surface area (Å²) in [6.07, 6.45) is 10.4. The second-order valence-electron chi connectivity index (χ2n) is 5.84. The Morgan fingerprint density at radius 2 is 2.10 bits per heavy atom. The van der Waals surface area contributed by atoms with Crippen molar-refractivity contribution >= 4 is 11.8 Å². The van der Waals surface area contributed by atoms with E-state index in [-0.39, 0.29) is 0 Å². The Bertz CT molecular complexity index is 482. The molecule has 1 aromatic carbocycles. The smallest absolute Gasteiger partial charge is 0.0465 e. The van der Waals surface area contributed by atoms with Crippen molar-refractivity contribution in [3.05, 3.63) is 35.0 Å². The first kappa shape index (κ1) is 15.9. The van der Waals surface area contributed by atoms with Crippen molar-refractivity contribution in [1.82, 2.24) is 4.90 Å². The van der Waals surface area contributed by atoms with Gasteiger partial charge in [0.15, 0.2) is 0 Å². The third kappa shape index (κ3) is 4.50. The van der Waals surface area contributed by atoms with E-state index < -0.39 is 0 Å². The Morgan fingerprint density at radius 1 is 1.24 bits per heavy atom. The molecule has 0 unspecified atom stereocenters. The number of anilines is 1. The van der Waals surface area contributed by atoms with Gasteiger partial charge in [0, 0.05) is 32.5 Å². The molecule has 1 aromatic rings. The fourth-order valence-corrected chi connectivity index (χ4v) is 2.91. The topological polar surface area (TPSA) is 38.5 Å². The van der Waals surface area contributed by atoms with Crippen LogP contribution in [-0.2, 0) is 17.7 Å². The molecule has 0 bridgehead atoms. The van der Waals surface area contributed by atoms with Crippen LogP contribution in [0.3, 0.4) is 0 Å². The van der Waals surface area contributed by atoms with Gasteiger partial charge in [0.1, 0.15) is 0 Å². The molecule has 1 heterocycles. The van der Waals surface area contributed by atoms with E-state index in [9.17, 15) is 0 Å². The van der Waals surface area contributed by atoms with Crippen LogP contribution in [0.25, 0.3) is 6.08 Å². The summed E-state index contributed by atoms with van der Waals surface area (Å²) >= 11 is 0. The highest BCUT2D eigenvalue weighted by atomic mass is 16.5. The molecule has 0 amide bonds. The molecule has 0 atom stereocenters. The number of nitrogens with two attached hydrogens (primary N) is 1. The molecule has 0 radical (unpaired) electrons. The van der Waals surface area contributed by atoms with E-state index in [1.54, 1.807) is 7.11 Å². The van der Waals surface area contributed by atoms with Gasteiger partial charge in [0.05, 0.1) is 0 Å². The SMILES string of the molecule is CCCCCN1C=Cc2cc(N)cc(CCCOC)c2C1. The molecule has 0 saturated carbocycles. The Hall–Kier alpha value is -1.48. The Kier molecular flexibility index (Phi) is 6.12. The molecular formula is C18H28N2O. The molecule has 0 aliphatic carbocycles. The number of rotatable bonds is 8. The van der Waals surface area contributed by atoms with Crippen molar-refractivity contribution < 1.29 is 4.74 Å². The van der Waals surface area contributed by atoms with Crippen LogP contribution in [0.2, 0.25) is 0 Å². The molecule has 3 nitrogen and oxygen atoms in total. The first-order valence-electron chi connectivity index (χ1n) is 8.07. The molecule has 2 rings (SSSR count). The van der Waals surface area contributed by atoms with Gasteiger partial charge in [0.2, 0.25) is 0 Å². The van der Waals surface area contributed by atoms with Crippen molar-refractivity contribution in [3.63, 3.8) is 0 Å². The van der Waals surface area contributed by atoms with E-state index in [0.717, 1.165) is 38.2 Å². The van der Waals surface area contributed by atoms with Crippen LogP contribution in [0.15, 0.2) is 18.3 Å². The molecule has 0 fully saturated rings. The predicted octanol–water partition coefficient (Wildman–Crippen LogP) is 3.82. The second-order valence-corrected chi connectivity index (χ2v) is 5.84. The van der Waals surface area contributed by atoms with Crippen molar-refractivity contribution in [2.45, 2.75) is 45.6 Å². The van der Waals surface area contributed by atoms with Crippen LogP contribution in [-0.4, -0.2) is 25.2 Å². The summed E-state index contributed by atoms with van der Waals surface area (Å²) in [5.41, 5.74) is 11.0. The van der Waals surface area contributed by atoms with Gasteiger partial charge in [-0.25, -0.2) is 0 Å². The highest BCUT2D eigenvalue weighted by Crippen LogP contribution is 2.27. The Labute approximate surface area is 128 Å². The van der Waals surface area contributed by atoms with Crippen LogP contribution in [0.1, 0.15) is 49.3 Å². The van der Waals surface area contributed by atoms with Gasteiger partial charge in [-0.15, -0.1) is 0 Å². The first-order chi connectivity index (χ1) is 10.2. The summed E-state index contributed by atoms with van der Waals surface area (Å²) in [7, 11) is 1.76. The molecule has 2 N–H and O–H groups in total. The average molecular weight is 288 g/mol. The third-order valence-corrected chi connectivity index (χ3v) is 4.07. The fourth-order valence-electron chi connectivity index (χ4n) is 2.91. The zero-order valence-corrected chi connectivity index (χ0v) is 13.4. The third-order valence-electron chi connectivity index (χ3n) is 4.07. The van der Waals surface area contributed by atoms with Gasteiger partial charge in [-0.05, 0) is 60.4 Å². The maximum atomic E-state index is 6.04. The monoisotopic (exact) mass is 288 g/mol. The quantitative estimate of drug-likeness (QED) is 0.584. The van der Waals surface area contributed by atoms with E-state index in [2.05, 4.69) is 36.2 Å². The Morgan fingerprint density at radius 3 is 2.86 bits per heavy atom. The lowest BCUT2D eigenvalue weighted by atomic mass is 9.94. The van der Waals surface area contributed by atoms with E-state index in [0.29, 0.717) is 0 Å². The van der Waals surface area contributed by atoms with Crippen LogP contribution in [0.5, 0.6) is 0 Å². The minimum atomic E-state index is 0.805. The number of fused-ring (bicyclic) bond motifs is 1. The largest absolute Gasteiger partial charge is 0.399 e. The maximum Gasteiger partial charge on any atom is 0.0465 e. The number of nitrogens with zero attached hydrogens (tertiary/aromatic N) is 1. The van der Waals surface area contributed by atoms with E-state index >= 15 is 0 Å². The molecule has 1 aliphatic rings. The Balaban J connectivity index is 2.08. The standard InChI is InChI=1S/C18H28N2O/c1-3-4-5-9-20-10-8-16-13-17(19)12-15(18(16)14-20)7-6-11-21-2/h8,10,12-13H,3-7,9,11,14,19H2,1-2H3. The normalized spacial score (nSPS) is 13.5. The van der Waals surface area contributed by atoms with Crippen LogP contribution >= 0.6 is 0 Å². The summed E-state index contributed by atoms with van der Waals surface area (Å²) < 4.78 is 5.17. The van der Waals surface area contributed by atoms with Gasteiger partial charge in [-0.2, -0.15) is 0 Å². The van der Waals surface area contributed by atoms with Gasteiger partial charge < -0.3 is 15.4 Å². The van der Waals surface area contributed by atoms with Crippen molar-refractivity contribution in [2.75, 3.05) is 26.0 Å². The second kappa shape index (κ2) is 8.08. The van der Waals surface area contributed by atoms with Crippen LogP contribution in [0, 0.1) is 0 Å². The number of methoxy groups -OCH3 is 1. The number of unbranched alkanes of at least 4 members (excludes halogenated alkanes) is 2. The summed E-state index contributed by atoms with van der Waals surface area (Å²) in [5.74, 6) is 0. The molecule has 0 saturated heterocycles. The van der Waals surface area contributed by atoms with Crippen LogP contribution < -0.4 is 5.73 Å². The number of hydrogen-bond donors (Lipinski definition) is 1. The lowest BCUT2D eigenvalue weighted by molar-refractivity contribution is 0.195. The lowest BCUT2D eigenvalue weighted by Crippen LogP contribution is -2.22. The minimum Gasteiger partial charge on any atom is -0.399 e. The zero-order valence-electron chi connectivity index (χ0n) is 13.4. The molecule has 3 heteroatoms. The van der Waals surface area contributed by atoms with Crippen molar-refractivity contribution in [1.29, 1.82) is 0 Å². The predicted molar refractivity (Wildman–Crippen MR) is 90.0 cm³/mol. The van der Waals surface area contributed by atoms with Gasteiger partial charge in [-0.1, -0.05) is 19.8 Å². The number of aryl methyl sites for hydroxylation is 1. The molecule has 116 valence electrons. The van der Waals surface area contributed by atoms with Gasteiger partial charge in [-0.3, -0.25) is 0 Å². The summed E-state index contributed by atoms with van der Waals surface area (Å²) in [6, 6.07) is 4.23. The summed E-state index contributed by atoms with van der Waals surface area (Å²) in [6.45, 7) is 5.21. The van der Waals surface area contributed by atoms with Crippen molar-refractivity contribution in [2.24, 2.45) is 0 Å². The fraction of sp³-hybridized carbons (Fsp3) is 0.556. The molecular weight excluding hydrogens is 260 g/mol. The lowest BCUT2D eigenvalue weighted by Gasteiger charge is -2.27. The van der Waals surface area contributed by atoms with E-state index in [4.69, 9.17) is 10.5 Å². The van der Waals surface area contributed by atoms with Crippen LogP contribution in [0.4, 0.5) is 5.69 Å². The van der Waals surface area contributed by atoms with E-state index in [1.807, 2.05) is 0 Å². The molecule has 0 spiro atoms. The minimum absolute atomic E-state index is 0.805. The molecule has 1 aliphatic heterocycles. The number of benzene rings is 1. The first-order valence-corrected chi connectivity index (χ1v) is 8.07. The summed E-state index contributed by atoms with van der Waals surface area (Å²) in [5, 5.41) is 0. The zero-order chi connectivity index (χ0) is 15.1. The molecule has 0 aromatic heterocycles. The summed E-state index contributed by atoms with van der Waals surface area (Å²) in [4.78, 5) is 2.42. The number of ether oxygens (including phenoxy) is 1. The average Bonchev–Trinajstić information content (AvgIpc) is 2.48. The number of hydrogen-bond acceptors (Lipinski definition) is 3. The highest BCUT2D eigenvalue weighted by Gasteiger charge is 2.15. The maximum absolute atomic E-state index is 6.04. The van der Waals surface area contributed by atoms with Gasteiger partial charge >= 0.3 is 0 Å². The van der Waals surface area contributed by atoms with E-state index in [1.165, 1.54) is 36.0 Å². The van der Waals surface area contributed by atoms with Gasteiger partial charge in [0.25, 0.3) is 0 Å². The number of nitrogen functional groups attached to an aromatic ring is 1. The highest BCUT2D eigenvalue weighted by molar-refractivity contribution is 5.63. The molecule has 21 heavy (non-hydrogen) atoms.